The zero-order valence-corrected chi connectivity index (χ0v) is 9.68. The Hall–Kier alpha value is -0.750. The van der Waals surface area contributed by atoms with Gasteiger partial charge in [-0.05, 0) is 12.2 Å². The summed E-state index contributed by atoms with van der Waals surface area (Å²) in [5.74, 6) is -1.07. The molecule has 0 rings (SSSR count). The van der Waals surface area contributed by atoms with Gasteiger partial charge in [-0.3, -0.25) is 9.59 Å². The lowest BCUT2D eigenvalue weighted by atomic mass is 10.2. The van der Waals surface area contributed by atoms with Gasteiger partial charge in [0.05, 0.1) is 6.42 Å². The molecule has 6 heteroatoms. The summed E-state index contributed by atoms with van der Waals surface area (Å²) >= 11 is 0.980. The van der Waals surface area contributed by atoms with Gasteiger partial charge in [0.25, 0.3) is 5.91 Å². The van der Waals surface area contributed by atoms with Crippen LogP contribution in [-0.2, 0) is 9.59 Å². The molecule has 0 saturated heterocycles. The smallest absolute Gasteiger partial charge is 0.260 e. The molecule has 2 amide bonds. The zero-order valence-electron chi connectivity index (χ0n) is 8.86. The summed E-state index contributed by atoms with van der Waals surface area (Å²) in [6.45, 7) is 2.05. The lowest BCUT2D eigenvalue weighted by Crippen LogP contribution is -2.44. The first-order valence-corrected chi connectivity index (χ1v) is 5.85. The van der Waals surface area contributed by atoms with Crippen LogP contribution in [-0.4, -0.2) is 27.6 Å². The van der Waals surface area contributed by atoms with E-state index in [0.717, 1.165) is 31.0 Å². The van der Waals surface area contributed by atoms with Crippen molar-refractivity contribution in [1.29, 1.82) is 0 Å². The molecule has 15 heavy (non-hydrogen) atoms. The van der Waals surface area contributed by atoms with E-state index < -0.39 is 23.2 Å². The fraction of sp³-hybridized carbons (Fsp3) is 0.778. The summed E-state index contributed by atoms with van der Waals surface area (Å²) < 4.78 is 0. The monoisotopic (exact) mass is 234 g/mol. The highest BCUT2D eigenvalue weighted by atomic mass is 32.2. The van der Waals surface area contributed by atoms with E-state index in [9.17, 15) is 14.7 Å². The quantitative estimate of drug-likeness (QED) is 0.404. The van der Waals surface area contributed by atoms with Gasteiger partial charge in [0.1, 0.15) is 0 Å². The van der Waals surface area contributed by atoms with Crippen molar-refractivity contribution < 1.29 is 14.7 Å². The van der Waals surface area contributed by atoms with Gasteiger partial charge >= 0.3 is 0 Å². The van der Waals surface area contributed by atoms with E-state index in [1.54, 1.807) is 0 Å². The Balaban J connectivity index is 4.14. The van der Waals surface area contributed by atoms with E-state index in [-0.39, 0.29) is 0 Å². The molecule has 0 fully saturated rings. The normalized spacial score (nSPS) is 14.5. The van der Waals surface area contributed by atoms with Crippen LogP contribution in [0.3, 0.4) is 0 Å². The Morgan fingerprint density at radius 1 is 1.33 bits per heavy atom. The van der Waals surface area contributed by atoms with E-state index in [1.807, 2.05) is 6.92 Å². The first-order valence-electron chi connectivity index (χ1n) is 4.87. The van der Waals surface area contributed by atoms with Crippen LogP contribution >= 0.6 is 11.8 Å². The Morgan fingerprint density at radius 3 is 2.33 bits per heavy atom. The second-order valence-electron chi connectivity index (χ2n) is 3.35. The second-order valence-corrected chi connectivity index (χ2v) is 4.72. The van der Waals surface area contributed by atoms with Crippen LogP contribution in [0.1, 0.15) is 32.6 Å². The third kappa shape index (κ3) is 5.64. The van der Waals surface area contributed by atoms with Crippen molar-refractivity contribution in [1.82, 2.24) is 0 Å². The molecule has 0 bridgehead atoms. The third-order valence-electron chi connectivity index (χ3n) is 1.89. The minimum atomic E-state index is -1.85. The summed E-state index contributed by atoms with van der Waals surface area (Å²) in [5, 5.41) is 9.75. The van der Waals surface area contributed by atoms with Crippen LogP contribution in [0.25, 0.3) is 0 Å². The number of unbranched alkanes of at least 4 members (excludes halogenated alkanes) is 2. The van der Waals surface area contributed by atoms with Gasteiger partial charge < -0.3 is 16.6 Å². The largest absolute Gasteiger partial charge is 0.370 e. The fourth-order valence-corrected chi connectivity index (χ4v) is 2.11. The highest BCUT2D eigenvalue weighted by Gasteiger charge is 2.36. The molecule has 1 unspecified atom stereocenters. The van der Waals surface area contributed by atoms with Gasteiger partial charge in [-0.1, -0.05) is 19.8 Å². The molecule has 0 aliphatic rings. The molecule has 0 radical (unpaired) electrons. The van der Waals surface area contributed by atoms with Crippen LogP contribution < -0.4 is 11.5 Å². The second kappa shape index (κ2) is 6.68. The maximum absolute atomic E-state index is 11.0. The van der Waals surface area contributed by atoms with Crippen LogP contribution in [0.4, 0.5) is 0 Å². The molecule has 0 aliphatic heterocycles. The molecular formula is C9H18N2O3S. The first-order chi connectivity index (χ1) is 6.92. The number of primary amides is 2. The number of thioether (sulfide) groups is 1. The predicted octanol–water partition coefficient (Wildman–Crippen LogP) is -0.0409. The summed E-state index contributed by atoms with van der Waals surface area (Å²) in [7, 11) is 0. The van der Waals surface area contributed by atoms with Gasteiger partial charge in [-0.2, -0.15) is 0 Å². The Kier molecular flexibility index (Phi) is 6.35. The average molecular weight is 234 g/mol. The van der Waals surface area contributed by atoms with Crippen LogP contribution in [0.5, 0.6) is 0 Å². The highest BCUT2D eigenvalue weighted by molar-refractivity contribution is 8.01. The SMILES string of the molecule is CCCCCSC(O)(CC(N)=O)C(N)=O. The van der Waals surface area contributed by atoms with Gasteiger partial charge in [0.15, 0.2) is 4.93 Å². The Labute approximate surface area is 93.6 Å². The van der Waals surface area contributed by atoms with Gasteiger partial charge in [0.2, 0.25) is 5.91 Å². The summed E-state index contributed by atoms with van der Waals surface area (Å²) in [6, 6.07) is 0. The maximum atomic E-state index is 11.0. The van der Waals surface area contributed by atoms with Crippen molar-refractivity contribution in [3.8, 4) is 0 Å². The van der Waals surface area contributed by atoms with Crippen molar-refractivity contribution in [2.24, 2.45) is 11.5 Å². The van der Waals surface area contributed by atoms with Crippen molar-refractivity contribution in [3.63, 3.8) is 0 Å². The topological polar surface area (TPSA) is 106 Å². The van der Waals surface area contributed by atoms with E-state index in [0.29, 0.717) is 5.75 Å². The zero-order chi connectivity index (χ0) is 11.9. The number of aliphatic hydroxyl groups is 1. The number of nitrogens with two attached hydrogens (primary N) is 2. The molecule has 0 saturated carbocycles. The van der Waals surface area contributed by atoms with Crippen LogP contribution in [0, 0.1) is 0 Å². The molecule has 0 spiro atoms. The molecule has 0 heterocycles. The number of hydrogen-bond acceptors (Lipinski definition) is 4. The van der Waals surface area contributed by atoms with Crippen LogP contribution in [0.2, 0.25) is 0 Å². The lowest BCUT2D eigenvalue weighted by molar-refractivity contribution is -0.133. The third-order valence-corrected chi connectivity index (χ3v) is 3.20. The molecular weight excluding hydrogens is 216 g/mol. The summed E-state index contributed by atoms with van der Waals surface area (Å²) in [6.07, 6.45) is 2.50. The van der Waals surface area contributed by atoms with Gasteiger partial charge in [-0.15, -0.1) is 11.8 Å². The molecule has 88 valence electrons. The van der Waals surface area contributed by atoms with E-state index in [2.05, 4.69) is 0 Å². The summed E-state index contributed by atoms with van der Waals surface area (Å²) in [5.41, 5.74) is 9.94. The molecule has 5 N–H and O–H groups in total. The fourth-order valence-electron chi connectivity index (χ4n) is 1.04. The average Bonchev–Trinajstić information content (AvgIpc) is 2.11. The maximum Gasteiger partial charge on any atom is 0.260 e. The molecule has 0 aromatic carbocycles. The highest BCUT2D eigenvalue weighted by Crippen LogP contribution is 2.26. The number of carbonyl (C=O) groups excluding carboxylic acids is 2. The van der Waals surface area contributed by atoms with E-state index in [4.69, 9.17) is 11.5 Å². The molecule has 0 aliphatic carbocycles. The predicted molar refractivity (Wildman–Crippen MR) is 59.9 cm³/mol. The lowest BCUT2D eigenvalue weighted by Gasteiger charge is -2.22. The van der Waals surface area contributed by atoms with Crippen molar-refractivity contribution in [2.75, 3.05) is 5.75 Å². The first kappa shape index (κ1) is 14.2. The summed E-state index contributed by atoms with van der Waals surface area (Å²) in [4.78, 5) is 19.8. The molecule has 0 aromatic rings. The van der Waals surface area contributed by atoms with Crippen molar-refractivity contribution in [2.45, 2.75) is 37.5 Å². The van der Waals surface area contributed by atoms with Crippen LogP contribution in [0.15, 0.2) is 0 Å². The minimum absolute atomic E-state index is 0.431. The van der Waals surface area contributed by atoms with Gasteiger partial charge in [0, 0.05) is 0 Å². The van der Waals surface area contributed by atoms with E-state index >= 15 is 0 Å². The number of carbonyl (C=O) groups is 2. The number of hydrogen-bond donors (Lipinski definition) is 3. The number of amides is 2. The molecule has 1 atom stereocenters. The molecule has 5 nitrogen and oxygen atoms in total. The van der Waals surface area contributed by atoms with Crippen molar-refractivity contribution >= 4 is 23.6 Å². The Morgan fingerprint density at radius 2 is 1.93 bits per heavy atom. The molecule has 0 aromatic heterocycles. The minimum Gasteiger partial charge on any atom is -0.370 e. The van der Waals surface area contributed by atoms with Gasteiger partial charge in [-0.25, -0.2) is 0 Å². The van der Waals surface area contributed by atoms with Crippen molar-refractivity contribution in [3.05, 3.63) is 0 Å². The van der Waals surface area contributed by atoms with E-state index in [1.165, 1.54) is 0 Å². The Bertz CT molecular complexity index is 235. The standard InChI is InChI=1S/C9H18N2O3S/c1-2-3-4-5-15-9(14,8(11)13)6-7(10)12/h14H,2-6H2,1H3,(H2,10,12)(H2,11,13). The number of rotatable bonds is 8.